The third-order valence-corrected chi connectivity index (χ3v) is 3.91. The highest BCUT2D eigenvalue weighted by molar-refractivity contribution is 5.85. The molecule has 1 aromatic heterocycles. The molecule has 0 spiro atoms. The first-order valence-electron chi connectivity index (χ1n) is 8.53. The van der Waals surface area contributed by atoms with E-state index in [1.54, 1.807) is 20.8 Å². The number of nitrogens with one attached hydrogen (secondary N) is 1. The number of rotatable bonds is 3. The van der Waals surface area contributed by atoms with Crippen LogP contribution in [0.5, 0.6) is 0 Å². The van der Waals surface area contributed by atoms with Crippen LogP contribution in [0.2, 0.25) is 0 Å². The number of halogens is 3. The number of alkyl halides is 3. The zero-order valence-electron chi connectivity index (χ0n) is 15.6. The van der Waals surface area contributed by atoms with Crippen molar-refractivity contribution >= 4 is 17.7 Å². The number of carbonyl (C=O) groups is 2. The zero-order valence-corrected chi connectivity index (χ0v) is 15.6. The molecule has 2 heterocycles. The summed E-state index contributed by atoms with van der Waals surface area (Å²) in [6.45, 7) is 5.18. The molecule has 2 unspecified atom stereocenters. The number of piperidine rings is 1. The molecule has 2 rings (SSSR count). The molecule has 152 valence electrons. The topological polar surface area (TPSA) is 108 Å². The van der Waals surface area contributed by atoms with E-state index in [4.69, 9.17) is 10.00 Å². The molecular weight excluding hydrogens is 379 g/mol. The van der Waals surface area contributed by atoms with Gasteiger partial charge in [-0.1, -0.05) is 0 Å². The molecule has 28 heavy (non-hydrogen) atoms. The maximum Gasteiger partial charge on any atom is 0.471 e. The van der Waals surface area contributed by atoms with Crippen LogP contribution in [-0.2, 0) is 14.3 Å². The van der Waals surface area contributed by atoms with Crippen molar-refractivity contribution in [2.75, 3.05) is 11.4 Å². The number of hydrogen-bond donors (Lipinski definition) is 1. The molecule has 2 atom stereocenters. The number of nitrogens with zero attached hydrogens (tertiary/aromatic N) is 4. The molecule has 0 radical (unpaired) electrons. The molecule has 0 bridgehead atoms. The summed E-state index contributed by atoms with van der Waals surface area (Å²) in [6.07, 6.45) is -4.51. The minimum Gasteiger partial charge on any atom is -0.458 e. The van der Waals surface area contributed by atoms with E-state index in [1.165, 1.54) is 17.0 Å². The fourth-order valence-corrected chi connectivity index (χ4v) is 2.85. The predicted octanol–water partition coefficient (Wildman–Crippen LogP) is 1.71. The fourth-order valence-electron chi connectivity index (χ4n) is 2.85. The van der Waals surface area contributed by atoms with E-state index >= 15 is 0 Å². The maximum atomic E-state index is 12.8. The van der Waals surface area contributed by atoms with Gasteiger partial charge in [0.1, 0.15) is 17.7 Å². The van der Waals surface area contributed by atoms with Crippen LogP contribution in [0.4, 0.5) is 19.0 Å². The lowest BCUT2D eigenvalue weighted by Crippen LogP contribution is -2.61. The Labute approximate surface area is 159 Å². The van der Waals surface area contributed by atoms with Crippen molar-refractivity contribution in [1.82, 2.24) is 15.5 Å². The summed E-state index contributed by atoms with van der Waals surface area (Å²) >= 11 is 0. The Morgan fingerprint density at radius 3 is 2.46 bits per heavy atom. The number of hydrogen-bond acceptors (Lipinski definition) is 7. The van der Waals surface area contributed by atoms with Gasteiger partial charge in [0.2, 0.25) is 0 Å². The summed E-state index contributed by atoms with van der Waals surface area (Å²) in [4.78, 5) is 25.6. The Hall–Kier alpha value is -2.90. The first-order valence-corrected chi connectivity index (χ1v) is 8.53. The van der Waals surface area contributed by atoms with Crippen molar-refractivity contribution in [2.45, 2.75) is 57.5 Å². The van der Waals surface area contributed by atoms with Crippen molar-refractivity contribution in [1.29, 1.82) is 5.26 Å². The third kappa shape index (κ3) is 5.31. The summed E-state index contributed by atoms with van der Waals surface area (Å²) in [7, 11) is 0. The molecule has 1 saturated heterocycles. The number of ether oxygens (including phenoxy) is 1. The van der Waals surface area contributed by atoms with Gasteiger partial charge in [-0.15, -0.1) is 10.2 Å². The molecule has 0 saturated carbocycles. The normalized spacial score (nSPS) is 20.2. The lowest BCUT2D eigenvalue weighted by molar-refractivity contribution is -0.175. The highest BCUT2D eigenvalue weighted by Crippen LogP contribution is 2.27. The first-order chi connectivity index (χ1) is 12.9. The molecule has 8 nitrogen and oxygen atoms in total. The van der Waals surface area contributed by atoms with Crippen LogP contribution in [0.25, 0.3) is 0 Å². The van der Waals surface area contributed by atoms with E-state index in [0.717, 1.165) is 0 Å². The molecule has 1 aliphatic heterocycles. The van der Waals surface area contributed by atoms with Crippen molar-refractivity contribution in [3.8, 4) is 6.07 Å². The van der Waals surface area contributed by atoms with Crippen LogP contribution >= 0.6 is 0 Å². The van der Waals surface area contributed by atoms with Gasteiger partial charge >= 0.3 is 18.1 Å². The van der Waals surface area contributed by atoms with Crippen LogP contribution in [0, 0.1) is 11.3 Å². The second-order valence-electron chi connectivity index (χ2n) is 7.28. The molecule has 1 amide bonds. The van der Waals surface area contributed by atoms with Crippen LogP contribution in [0.1, 0.15) is 39.3 Å². The second kappa shape index (κ2) is 8.00. The lowest BCUT2D eigenvalue weighted by atomic mass is 9.95. The molecule has 1 N–H and O–H groups in total. The van der Waals surface area contributed by atoms with Crippen molar-refractivity contribution in [3.05, 3.63) is 17.8 Å². The Morgan fingerprint density at radius 2 is 1.96 bits per heavy atom. The first kappa shape index (κ1) is 21.4. The number of aromatic nitrogens is 2. The average molecular weight is 399 g/mol. The number of amides is 1. The maximum absolute atomic E-state index is 12.8. The number of carbonyl (C=O) groups excluding carboxylic acids is 2. The van der Waals surface area contributed by atoms with E-state index in [2.05, 4.69) is 10.2 Å². The fraction of sp³-hybridized carbons (Fsp3) is 0.588. The van der Waals surface area contributed by atoms with Crippen molar-refractivity contribution < 1.29 is 27.5 Å². The minimum atomic E-state index is -5.07. The molecule has 1 aliphatic rings. The van der Waals surface area contributed by atoms with Gasteiger partial charge in [0.05, 0.1) is 6.04 Å². The van der Waals surface area contributed by atoms with Gasteiger partial charge in [-0.25, -0.2) is 4.79 Å². The lowest BCUT2D eigenvalue weighted by Gasteiger charge is -2.41. The number of nitriles is 1. The van der Waals surface area contributed by atoms with Crippen LogP contribution in [0.3, 0.4) is 0 Å². The summed E-state index contributed by atoms with van der Waals surface area (Å²) in [5.41, 5.74) is -0.828. The SMILES string of the molecule is CC(C)(C)OC(=O)C1C(NC(=O)C(F)(F)F)CCCN1c1ccc(C#N)nn1. The highest BCUT2D eigenvalue weighted by Gasteiger charge is 2.45. The van der Waals surface area contributed by atoms with Gasteiger partial charge in [0.15, 0.2) is 11.5 Å². The Morgan fingerprint density at radius 1 is 1.29 bits per heavy atom. The Balaban J connectivity index is 2.36. The van der Waals surface area contributed by atoms with E-state index in [9.17, 15) is 22.8 Å². The summed E-state index contributed by atoms with van der Waals surface area (Å²) in [5.74, 6) is -2.72. The van der Waals surface area contributed by atoms with Gasteiger partial charge in [-0.3, -0.25) is 4.79 Å². The van der Waals surface area contributed by atoms with Gasteiger partial charge < -0.3 is 15.0 Å². The van der Waals surface area contributed by atoms with Crippen molar-refractivity contribution in [2.24, 2.45) is 0 Å². The molecule has 1 aromatic rings. The third-order valence-electron chi connectivity index (χ3n) is 3.91. The predicted molar refractivity (Wildman–Crippen MR) is 90.9 cm³/mol. The standard InChI is InChI=1S/C17H20F3N5O3/c1-16(2,3)28-14(26)13-11(22-15(27)17(18,19)20)5-4-8-25(13)12-7-6-10(9-21)23-24-12/h6-7,11,13H,4-5,8H2,1-3H3,(H,22,27). The minimum absolute atomic E-state index is 0.0523. The van der Waals surface area contributed by atoms with Gasteiger partial charge in [-0.2, -0.15) is 18.4 Å². The Bertz CT molecular complexity index is 768. The largest absolute Gasteiger partial charge is 0.471 e. The Kier molecular flexibility index (Phi) is 6.11. The molecule has 0 aliphatic carbocycles. The summed E-state index contributed by atoms with van der Waals surface area (Å²) in [5, 5.41) is 18.3. The smallest absolute Gasteiger partial charge is 0.458 e. The van der Waals surface area contributed by atoms with Crippen LogP contribution in [-0.4, -0.2) is 52.5 Å². The molecule has 1 fully saturated rings. The van der Waals surface area contributed by atoms with E-state index in [1.807, 2.05) is 11.4 Å². The number of esters is 1. The zero-order chi connectivity index (χ0) is 21.1. The summed E-state index contributed by atoms with van der Waals surface area (Å²) in [6, 6.07) is 2.28. The van der Waals surface area contributed by atoms with E-state index in [-0.39, 0.29) is 17.9 Å². The van der Waals surface area contributed by atoms with Gasteiger partial charge in [-0.05, 0) is 45.7 Å². The average Bonchev–Trinajstić information content (AvgIpc) is 2.59. The molecule has 0 aromatic carbocycles. The molecular formula is C17H20F3N5O3. The van der Waals surface area contributed by atoms with Gasteiger partial charge in [0.25, 0.3) is 0 Å². The summed E-state index contributed by atoms with van der Waals surface area (Å²) < 4.78 is 43.5. The highest BCUT2D eigenvalue weighted by atomic mass is 19.4. The number of anilines is 1. The second-order valence-corrected chi connectivity index (χ2v) is 7.28. The van der Waals surface area contributed by atoms with Crippen molar-refractivity contribution in [3.63, 3.8) is 0 Å². The monoisotopic (exact) mass is 399 g/mol. The quantitative estimate of drug-likeness (QED) is 0.771. The van der Waals surface area contributed by atoms with E-state index in [0.29, 0.717) is 13.0 Å². The van der Waals surface area contributed by atoms with Crippen LogP contribution < -0.4 is 10.2 Å². The molecule has 11 heteroatoms. The van der Waals surface area contributed by atoms with Crippen LogP contribution in [0.15, 0.2) is 12.1 Å². The van der Waals surface area contributed by atoms with E-state index < -0.39 is 35.7 Å². The van der Waals surface area contributed by atoms with Gasteiger partial charge in [0, 0.05) is 6.54 Å².